The highest BCUT2D eigenvalue weighted by Crippen LogP contribution is 2.32. The molecule has 0 aliphatic rings. The summed E-state index contributed by atoms with van der Waals surface area (Å²) in [7, 11) is 0. The zero-order chi connectivity index (χ0) is 14.7. The van der Waals surface area contributed by atoms with Gasteiger partial charge >= 0.3 is 0 Å². The third-order valence-electron chi connectivity index (χ3n) is 2.45. The van der Waals surface area contributed by atoms with Gasteiger partial charge in [0.25, 0.3) is 0 Å². The molecular weight excluding hydrogens is 319 g/mol. The lowest BCUT2D eigenvalue weighted by Gasteiger charge is -2.11. The minimum atomic E-state index is -0.344. The number of halogens is 2. The van der Waals surface area contributed by atoms with Crippen LogP contribution in [0.3, 0.4) is 0 Å². The second kappa shape index (κ2) is 6.52. The Bertz CT molecular complexity index is 631. The zero-order valence-corrected chi connectivity index (χ0v) is 13.1. The molecule has 0 unspecified atom stereocenters. The Morgan fingerprint density at radius 3 is 2.80 bits per heavy atom. The molecule has 1 heterocycles. The fourth-order valence-electron chi connectivity index (χ4n) is 1.46. The average molecular weight is 331 g/mol. The molecule has 106 valence electrons. The highest BCUT2D eigenvalue weighted by atomic mass is 35.5. The number of thioether (sulfide) groups is 1. The quantitative estimate of drug-likeness (QED) is 0.843. The van der Waals surface area contributed by atoms with E-state index in [0.29, 0.717) is 21.6 Å². The number of hydrogen-bond acceptors (Lipinski definition) is 4. The first-order valence-electron chi connectivity index (χ1n) is 5.81. The van der Waals surface area contributed by atoms with Gasteiger partial charge in [-0.1, -0.05) is 28.4 Å². The Morgan fingerprint density at radius 2 is 2.15 bits per heavy atom. The van der Waals surface area contributed by atoms with Crippen LogP contribution in [-0.2, 0) is 4.79 Å². The summed E-state index contributed by atoms with van der Waals surface area (Å²) in [6.45, 7) is 3.54. The minimum Gasteiger partial charge on any atom is -0.360 e. The maximum atomic E-state index is 12.0. The first-order chi connectivity index (χ1) is 9.45. The number of hydrogen-bond donors (Lipinski definition) is 1. The van der Waals surface area contributed by atoms with Crippen molar-refractivity contribution in [3.05, 3.63) is 40.1 Å². The number of carbonyl (C=O) groups is 1. The van der Waals surface area contributed by atoms with Gasteiger partial charge in [-0.15, -0.1) is 11.8 Å². The second-order valence-electron chi connectivity index (χ2n) is 4.15. The number of carbonyl (C=O) groups excluding carboxylic acids is 1. The van der Waals surface area contributed by atoms with Gasteiger partial charge in [0, 0.05) is 16.0 Å². The van der Waals surface area contributed by atoms with Gasteiger partial charge in [0.15, 0.2) is 5.82 Å². The van der Waals surface area contributed by atoms with Crippen molar-refractivity contribution >= 4 is 46.7 Å². The number of aryl methyl sites for hydroxylation is 1. The number of anilines is 1. The molecule has 4 nitrogen and oxygen atoms in total. The standard InChI is InChI=1S/C13H12Cl2N2O2S/c1-7-5-12(17-19-7)16-13(18)8(2)20-11-6-9(14)3-4-10(11)15/h3-6,8H,1-2H3,(H,16,17,18)/t8-/m1/s1. The van der Waals surface area contributed by atoms with E-state index in [-0.39, 0.29) is 11.2 Å². The number of nitrogens with zero attached hydrogens (tertiary/aromatic N) is 1. The molecule has 20 heavy (non-hydrogen) atoms. The Kier molecular flexibility index (Phi) is 4.96. The Labute approximate surface area is 130 Å². The SMILES string of the molecule is Cc1cc(NC(=O)[C@@H](C)Sc2cc(Cl)ccc2Cl)no1. The van der Waals surface area contributed by atoms with Crippen LogP contribution in [0.4, 0.5) is 5.82 Å². The van der Waals surface area contributed by atoms with Crippen molar-refractivity contribution in [3.63, 3.8) is 0 Å². The fourth-order valence-corrected chi connectivity index (χ4v) is 2.88. The number of amides is 1. The maximum Gasteiger partial charge on any atom is 0.238 e. The molecule has 7 heteroatoms. The first kappa shape index (κ1) is 15.2. The van der Waals surface area contributed by atoms with Crippen LogP contribution < -0.4 is 5.32 Å². The lowest BCUT2D eigenvalue weighted by molar-refractivity contribution is -0.115. The third kappa shape index (κ3) is 3.91. The monoisotopic (exact) mass is 330 g/mol. The van der Waals surface area contributed by atoms with Crippen LogP contribution in [0.1, 0.15) is 12.7 Å². The van der Waals surface area contributed by atoms with E-state index in [1.54, 1.807) is 38.1 Å². The van der Waals surface area contributed by atoms with Gasteiger partial charge in [0.05, 0.1) is 10.3 Å². The van der Waals surface area contributed by atoms with Gasteiger partial charge in [-0.05, 0) is 32.0 Å². The minimum absolute atomic E-state index is 0.181. The molecule has 2 rings (SSSR count). The fraction of sp³-hybridized carbons (Fsp3) is 0.231. The number of benzene rings is 1. The molecule has 0 bridgehead atoms. The van der Waals surface area contributed by atoms with E-state index >= 15 is 0 Å². The van der Waals surface area contributed by atoms with Crippen molar-refractivity contribution < 1.29 is 9.32 Å². The molecule has 0 aliphatic carbocycles. The van der Waals surface area contributed by atoms with Crippen LogP contribution in [-0.4, -0.2) is 16.3 Å². The summed E-state index contributed by atoms with van der Waals surface area (Å²) in [6, 6.07) is 6.80. The highest BCUT2D eigenvalue weighted by molar-refractivity contribution is 8.00. The van der Waals surface area contributed by atoms with E-state index < -0.39 is 0 Å². The van der Waals surface area contributed by atoms with Crippen molar-refractivity contribution in [2.45, 2.75) is 24.0 Å². The zero-order valence-electron chi connectivity index (χ0n) is 10.8. The Hall–Kier alpha value is -1.17. The molecule has 0 saturated heterocycles. The summed E-state index contributed by atoms with van der Waals surface area (Å²) in [5, 5.41) is 7.19. The van der Waals surface area contributed by atoms with Crippen LogP contribution in [0, 0.1) is 6.92 Å². The van der Waals surface area contributed by atoms with Gasteiger partial charge < -0.3 is 9.84 Å². The van der Waals surface area contributed by atoms with Gasteiger partial charge in [-0.3, -0.25) is 4.79 Å². The average Bonchev–Trinajstić information content (AvgIpc) is 2.79. The molecule has 0 spiro atoms. The lowest BCUT2D eigenvalue weighted by Crippen LogP contribution is -2.22. The van der Waals surface area contributed by atoms with E-state index in [0.717, 1.165) is 4.90 Å². The molecule has 1 amide bonds. The first-order valence-corrected chi connectivity index (χ1v) is 7.45. The molecule has 1 aromatic carbocycles. The molecule has 0 fully saturated rings. The molecule has 2 aromatic rings. The predicted molar refractivity (Wildman–Crippen MR) is 81.7 cm³/mol. The van der Waals surface area contributed by atoms with Crippen molar-refractivity contribution in [2.24, 2.45) is 0 Å². The van der Waals surface area contributed by atoms with Crippen LogP contribution >= 0.6 is 35.0 Å². The van der Waals surface area contributed by atoms with Gasteiger partial charge in [-0.25, -0.2) is 0 Å². The van der Waals surface area contributed by atoms with Crippen LogP contribution in [0.25, 0.3) is 0 Å². The Balaban J connectivity index is 2.02. The number of aromatic nitrogens is 1. The van der Waals surface area contributed by atoms with Crippen LogP contribution in [0.15, 0.2) is 33.7 Å². The van der Waals surface area contributed by atoms with Gasteiger partial charge in [0.2, 0.25) is 5.91 Å². The van der Waals surface area contributed by atoms with E-state index in [4.69, 9.17) is 27.7 Å². The third-order valence-corrected chi connectivity index (χ3v) is 4.28. The summed E-state index contributed by atoms with van der Waals surface area (Å²) in [5.74, 6) is 0.856. The predicted octanol–water partition coefficient (Wildman–Crippen LogP) is 4.41. The summed E-state index contributed by atoms with van der Waals surface area (Å²) in [6.07, 6.45) is 0. The molecular formula is C13H12Cl2N2O2S. The Morgan fingerprint density at radius 1 is 1.40 bits per heavy atom. The lowest BCUT2D eigenvalue weighted by atomic mass is 10.4. The molecule has 0 radical (unpaired) electrons. The summed E-state index contributed by atoms with van der Waals surface area (Å²) in [5.41, 5.74) is 0. The van der Waals surface area contributed by atoms with Gasteiger partial charge in [-0.2, -0.15) is 0 Å². The van der Waals surface area contributed by atoms with Crippen molar-refractivity contribution in [1.82, 2.24) is 5.16 Å². The molecule has 1 aromatic heterocycles. The number of nitrogens with one attached hydrogen (secondary N) is 1. The van der Waals surface area contributed by atoms with E-state index in [2.05, 4.69) is 10.5 Å². The van der Waals surface area contributed by atoms with Crippen LogP contribution in [0.2, 0.25) is 10.0 Å². The molecule has 0 aliphatic heterocycles. The smallest absolute Gasteiger partial charge is 0.238 e. The second-order valence-corrected chi connectivity index (χ2v) is 6.37. The van der Waals surface area contributed by atoms with Crippen molar-refractivity contribution in [3.8, 4) is 0 Å². The molecule has 1 N–H and O–H groups in total. The molecule has 1 atom stereocenters. The van der Waals surface area contributed by atoms with Crippen molar-refractivity contribution in [1.29, 1.82) is 0 Å². The summed E-state index contributed by atoms with van der Waals surface area (Å²) < 4.78 is 4.89. The van der Waals surface area contributed by atoms with E-state index in [9.17, 15) is 4.79 Å². The van der Waals surface area contributed by atoms with Crippen LogP contribution in [0.5, 0.6) is 0 Å². The van der Waals surface area contributed by atoms with Gasteiger partial charge in [0.1, 0.15) is 5.76 Å². The van der Waals surface area contributed by atoms with Crippen molar-refractivity contribution in [2.75, 3.05) is 5.32 Å². The summed E-state index contributed by atoms with van der Waals surface area (Å²) >= 11 is 13.3. The maximum absolute atomic E-state index is 12.0. The largest absolute Gasteiger partial charge is 0.360 e. The normalized spacial score (nSPS) is 12.2. The highest BCUT2D eigenvalue weighted by Gasteiger charge is 2.17. The number of rotatable bonds is 4. The topological polar surface area (TPSA) is 55.1 Å². The van der Waals surface area contributed by atoms with E-state index in [1.807, 2.05) is 0 Å². The molecule has 0 saturated carbocycles. The summed E-state index contributed by atoms with van der Waals surface area (Å²) in [4.78, 5) is 12.8. The van der Waals surface area contributed by atoms with E-state index in [1.165, 1.54) is 11.8 Å².